The quantitative estimate of drug-likeness (QED) is 0.580. The normalized spacial score (nSPS) is 10.6. The van der Waals surface area contributed by atoms with Crippen molar-refractivity contribution in [2.45, 2.75) is 26.3 Å². The van der Waals surface area contributed by atoms with Crippen LogP contribution in [-0.2, 0) is 4.79 Å². The van der Waals surface area contributed by atoms with Gasteiger partial charge in [0.15, 0.2) is 0 Å². The zero-order valence-corrected chi connectivity index (χ0v) is 10.1. The van der Waals surface area contributed by atoms with Crippen molar-refractivity contribution < 1.29 is 14.7 Å². The molecule has 0 saturated carbocycles. The van der Waals surface area contributed by atoms with E-state index >= 15 is 0 Å². The Morgan fingerprint density at radius 2 is 1.81 bits per heavy atom. The van der Waals surface area contributed by atoms with Gasteiger partial charge in [-0.25, -0.2) is 4.79 Å². The summed E-state index contributed by atoms with van der Waals surface area (Å²) in [6, 6.07) is 0.121. The first kappa shape index (κ1) is 14.7. The van der Waals surface area contributed by atoms with Crippen LogP contribution in [-0.4, -0.2) is 54.7 Å². The molecule has 0 aliphatic heterocycles. The summed E-state index contributed by atoms with van der Waals surface area (Å²) in [7, 11) is 1.98. The van der Waals surface area contributed by atoms with Gasteiger partial charge in [-0.05, 0) is 20.9 Å². The molecule has 2 amide bonds. The molecule has 3 N–H and O–H groups in total. The SMILES string of the molecule is CC(C)N(C)CCNC(=O)NCCC(=O)O. The standard InChI is InChI=1S/C10H21N3O3/c1-8(2)13(3)7-6-12-10(16)11-5-4-9(14)15/h8H,4-7H2,1-3H3,(H,14,15)(H2,11,12,16). The Labute approximate surface area is 96.0 Å². The van der Waals surface area contributed by atoms with Crippen molar-refractivity contribution in [3.8, 4) is 0 Å². The second kappa shape index (κ2) is 7.92. The first-order valence-corrected chi connectivity index (χ1v) is 5.37. The van der Waals surface area contributed by atoms with E-state index in [1.807, 2.05) is 7.05 Å². The summed E-state index contributed by atoms with van der Waals surface area (Å²) in [4.78, 5) is 23.4. The second-order valence-corrected chi connectivity index (χ2v) is 3.90. The van der Waals surface area contributed by atoms with Gasteiger partial charge in [0.25, 0.3) is 0 Å². The molecule has 0 saturated heterocycles. The molecule has 0 bridgehead atoms. The van der Waals surface area contributed by atoms with Gasteiger partial charge in [0, 0.05) is 25.7 Å². The summed E-state index contributed by atoms with van der Waals surface area (Å²) < 4.78 is 0. The van der Waals surface area contributed by atoms with E-state index in [2.05, 4.69) is 29.4 Å². The molecule has 0 aliphatic carbocycles. The van der Waals surface area contributed by atoms with Gasteiger partial charge in [0.05, 0.1) is 6.42 Å². The number of carboxylic acids is 1. The fraction of sp³-hybridized carbons (Fsp3) is 0.800. The minimum absolute atomic E-state index is 0.0562. The van der Waals surface area contributed by atoms with Crippen LogP contribution in [0.15, 0.2) is 0 Å². The molecule has 0 radical (unpaired) electrons. The van der Waals surface area contributed by atoms with Crippen LogP contribution >= 0.6 is 0 Å². The zero-order valence-electron chi connectivity index (χ0n) is 10.1. The van der Waals surface area contributed by atoms with Crippen molar-refractivity contribution in [1.82, 2.24) is 15.5 Å². The third-order valence-electron chi connectivity index (χ3n) is 2.26. The number of nitrogens with one attached hydrogen (secondary N) is 2. The summed E-state index contributed by atoms with van der Waals surface area (Å²) in [6.07, 6.45) is -0.0562. The number of amides is 2. The number of rotatable bonds is 7. The lowest BCUT2D eigenvalue weighted by Crippen LogP contribution is -2.41. The highest BCUT2D eigenvalue weighted by atomic mass is 16.4. The molecule has 0 rings (SSSR count). The molecule has 0 fully saturated rings. The molecule has 0 unspecified atom stereocenters. The first-order valence-electron chi connectivity index (χ1n) is 5.37. The van der Waals surface area contributed by atoms with E-state index in [1.54, 1.807) is 0 Å². The molecule has 94 valence electrons. The van der Waals surface area contributed by atoms with E-state index < -0.39 is 5.97 Å². The highest BCUT2D eigenvalue weighted by Crippen LogP contribution is 1.90. The predicted molar refractivity (Wildman–Crippen MR) is 61.4 cm³/mol. The van der Waals surface area contributed by atoms with Crippen molar-refractivity contribution in [2.24, 2.45) is 0 Å². The maximum atomic E-state index is 11.1. The van der Waals surface area contributed by atoms with Crippen LogP contribution in [0.2, 0.25) is 0 Å². The van der Waals surface area contributed by atoms with Gasteiger partial charge in [0.1, 0.15) is 0 Å². The third-order valence-corrected chi connectivity index (χ3v) is 2.26. The number of urea groups is 1. The zero-order chi connectivity index (χ0) is 12.6. The Hall–Kier alpha value is -1.30. The third kappa shape index (κ3) is 8.05. The Morgan fingerprint density at radius 1 is 1.25 bits per heavy atom. The average Bonchev–Trinajstić information content (AvgIpc) is 2.16. The number of carboxylic acid groups (broad SMARTS) is 1. The molecule has 0 aliphatic rings. The van der Waals surface area contributed by atoms with E-state index in [0.29, 0.717) is 12.6 Å². The lowest BCUT2D eigenvalue weighted by molar-refractivity contribution is -0.136. The van der Waals surface area contributed by atoms with E-state index in [0.717, 1.165) is 6.54 Å². The minimum Gasteiger partial charge on any atom is -0.481 e. The maximum absolute atomic E-state index is 11.1. The van der Waals surface area contributed by atoms with Gasteiger partial charge >= 0.3 is 12.0 Å². The van der Waals surface area contributed by atoms with Crippen molar-refractivity contribution >= 4 is 12.0 Å². The number of hydrogen-bond acceptors (Lipinski definition) is 3. The van der Waals surface area contributed by atoms with Gasteiger partial charge in [-0.1, -0.05) is 0 Å². The average molecular weight is 231 g/mol. The van der Waals surface area contributed by atoms with E-state index in [1.165, 1.54) is 0 Å². The van der Waals surface area contributed by atoms with Gasteiger partial charge in [0.2, 0.25) is 0 Å². The summed E-state index contributed by atoms with van der Waals surface area (Å²) >= 11 is 0. The molecule has 0 heterocycles. The second-order valence-electron chi connectivity index (χ2n) is 3.90. The molecule has 6 heteroatoms. The number of carbonyl (C=O) groups is 2. The van der Waals surface area contributed by atoms with Crippen LogP contribution < -0.4 is 10.6 Å². The molecule has 0 atom stereocenters. The molecule has 0 aromatic heterocycles. The van der Waals surface area contributed by atoms with E-state index in [-0.39, 0.29) is 19.0 Å². The fourth-order valence-corrected chi connectivity index (χ4v) is 0.949. The lowest BCUT2D eigenvalue weighted by atomic mass is 10.3. The Kier molecular flexibility index (Phi) is 7.28. The minimum atomic E-state index is -0.917. The van der Waals surface area contributed by atoms with Crippen LogP contribution in [0.25, 0.3) is 0 Å². The van der Waals surface area contributed by atoms with Crippen LogP contribution in [0, 0.1) is 0 Å². The van der Waals surface area contributed by atoms with E-state index in [9.17, 15) is 9.59 Å². The Morgan fingerprint density at radius 3 is 2.31 bits per heavy atom. The van der Waals surface area contributed by atoms with Crippen LogP contribution in [0.4, 0.5) is 4.79 Å². The Balaban J connectivity index is 3.47. The summed E-state index contributed by atoms with van der Waals surface area (Å²) in [5.74, 6) is -0.917. The Bertz CT molecular complexity index is 231. The highest BCUT2D eigenvalue weighted by Gasteiger charge is 2.04. The number of nitrogens with zero attached hydrogens (tertiary/aromatic N) is 1. The first-order chi connectivity index (χ1) is 7.43. The summed E-state index contributed by atoms with van der Waals surface area (Å²) in [5, 5.41) is 13.5. The molecule has 0 spiro atoms. The van der Waals surface area contributed by atoms with Crippen LogP contribution in [0.1, 0.15) is 20.3 Å². The van der Waals surface area contributed by atoms with Crippen LogP contribution in [0.3, 0.4) is 0 Å². The lowest BCUT2D eigenvalue weighted by Gasteiger charge is -2.20. The van der Waals surface area contributed by atoms with Gasteiger partial charge in [-0.15, -0.1) is 0 Å². The van der Waals surface area contributed by atoms with Gasteiger partial charge < -0.3 is 20.6 Å². The monoisotopic (exact) mass is 231 g/mol. The molecule has 16 heavy (non-hydrogen) atoms. The molecule has 0 aromatic rings. The van der Waals surface area contributed by atoms with Gasteiger partial charge in [-0.3, -0.25) is 4.79 Å². The highest BCUT2D eigenvalue weighted by molar-refractivity contribution is 5.74. The van der Waals surface area contributed by atoms with Crippen molar-refractivity contribution in [3.63, 3.8) is 0 Å². The fourth-order valence-electron chi connectivity index (χ4n) is 0.949. The van der Waals surface area contributed by atoms with Crippen LogP contribution in [0.5, 0.6) is 0 Å². The predicted octanol–water partition coefficient (Wildman–Crippen LogP) is 0.101. The molecule has 6 nitrogen and oxygen atoms in total. The van der Waals surface area contributed by atoms with E-state index in [4.69, 9.17) is 5.11 Å². The topological polar surface area (TPSA) is 81.7 Å². The maximum Gasteiger partial charge on any atom is 0.314 e. The van der Waals surface area contributed by atoms with Crippen molar-refractivity contribution in [2.75, 3.05) is 26.7 Å². The largest absolute Gasteiger partial charge is 0.481 e. The van der Waals surface area contributed by atoms with Crippen molar-refractivity contribution in [1.29, 1.82) is 0 Å². The molecular weight excluding hydrogens is 210 g/mol. The summed E-state index contributed by atoms with van der Waals surface area (Å²) in [5.41, 5.74) is 0. The number of aliphatic carboxylic acids is 1. The smallest absolute Gasteiger partial charge is 0.314 e. The molecule has 0 aromatic carbocycles. The van der Waals surface area contributed by atoms with Gasteiger partial charge in [-0.2, -0.15) is 0 Å². The number of likely N-dealkylation sites (N-methyl/N-ethyl adjacent to an activating group) is 1. The number of carbonyl (C=O) groups excluding carboxylic acids is 1. The molecular formula is C10H21N3O3. The summed E-state index contributed by atoms with van der Waals surface area (Å²) in [6.45, 7) is 5.62. The van der Waals surface area contributed by atoms with Crippen molar-refractivity contribution in [3.05, 3.63) is 0 Å². The number of hydrogen-bond donors (Lipinski definition) is 3.